The van der Waals surface area contributed by atoms with E-state index in [1.807, 2.05) is 6.92 Å². The predicted octanol–water partition coefficient (Wildman–Crippen LogP) is 1.70. The summed E-state index contributed by atoms with van der Waals surface area (Å²) in [6, 6.07) is 3.82. The number of aliphatic hydroxyl groups is 1. The number of aliphatic imine (C=N–C) groups is 1. The normalized spacial score (nSPS) is 14.2. The van der Waals surface area contributed by atoms with Gasteiger partial charge in [0, 0.05) is 37.5 Å². The molecule has 0 radical (unpaired) electrons. The van der Waals surface area contributed by atoms with E-state index >= 15 is 0 Å². The topological polar surface area (TPSA) is 74.5 Å². The second kappa shape index (κ2) is 8.75. The molecule has 2 rings (SSSR count). The van der Waals surface area contributed by atoms with Crippen molar-refractivity contribution < 1.29 is 13.9 Å². The SMILES string of the molecule is CCNC(=NCC(C)(O)c1cnn(C)c1)NCCc1c(F)cccc1F. The van der Waals surface area contributed by atoms with Crippen LogP contribution in [0.15, 0.2) is 35.6 Å². The molecule has 1 aromatic heterocycles. The summed E-state index contributed by atoms with van der Waals surface area (Å²) in [5, 5.41) is 20.7. The molecule has 6 nitrogen and oxygen atoms in total. The molecule has 0 saturated carbocycles. The summed E-state index contributed by atoms with van der Waals surface area (Å²) in [5.74, 6) is -0.657. The minimum atomic E-state index is -1.17. The first-order valence-corrected chi connectivity index (χ1v) is 8.50. The van der Waals surface area contributed by atoms with Gasteiger partial charge < -0.3 is 15.7 Å². The van der Waals surface area contributed by atoms with Crippen LogP contribution in [0, 0.1) is 11.6 Å². The van der Waals surface area contributed by atoms with Gasteiger partial charge in [-0.1, -0.05) is 6.07 Å². The molecular weight excluding hydrogens is 340 g/mol. The van der Waals surface area contributed by atoms with Crippen molar-refractivity contribution in [2.24, 2.45) is 12.0 Å². The zero-order valence-corrected chi connectivity index (χ0v) is 15.3. The molecule has 1 unspecified atom stereocenters. The molecule has 26 heavy (non-hydrogen) atoms. The van der Waals surface area contributed by atoms with Gasteiger partial charge in [0.1, 0.15) is 17.2 Å². The van der Waals surface area contributed by atoms with E-state index in [9.17, 15) is 13.9 Å². The van der Waals surface area contributed by atoms with Crippen molar-refractivity contribution in [2.75, 3.05) is 19.6 Å². The molecule has 0 bridgehead atoms. The standard InChI is InChI=1S/C18H25F2N5O/c1-4-21-17(22-9-8-14-15(19)6-5-7-16(14)20)23-12-18(2,26)13-10-24-25(3)11-13/h5-7,10-11,26H,4,8-9,12H2,1-3H3,(H2,21,22,23). The molecule has 1 aromatic carbocycles. The number of halogens is 2. The molecule has 2 aromatic rings. The number of nitrogens with zero attached hydrogens (tertiary/aromatic N) is 3. The first kappa shape index (κ1) is 19.8. The maximum Gasteiger partial charge on any atom is 0.191 e. The lowest BCUT2D eigenvalue weighted by Gasteiger charge is -2.20. The maximum atomic E-state index is 13.7. The third kappa shape index (κ3) is 5.26. The first-order chi connectivity index (χ1) is 12.3. The summed E-state index contributed by atoms with van der Waals surface area (Å²) in [7, 11) is 1.77. The maximum absolute atomic E-state index is 13.7. The molecule has 0 aliphatic rings. The Labute approximate surface area is 152 Å². The van der Waals surface area contributed by atoms with Crippen LogP contribution in [0.3, 0.4) is 0 Å². The number of benzene rings is 1. The van der Waals surface area contributed by atoms with Gasteiger partial charge in [-0.05, 0) is 32.4 Å². The van der Waals surface area contributed by atoms with E-state index in [1.54, 1.807) is 31.0 Å². The van der Waals surface area contributed by atoms with Gasteiger partial charge in [-0.15, -0.1) is 0 Å². The van der Waals surface area contributed by atoms with Gasteiger partial charge in [0.2, 0.25) is 0 Å². The van der Waals surface area contributed by atoms with Gasteiger partial charge in [0.25, 0.3) is 0 Å². The number of rotatable bonds is 7. The van der Waals surface area contributed by atoms with Crippen LogP contribution in [0.25, 0.3) is 0 Å². The molecule has 0 amide bonds. The highest BCUT2D eigenvalue weighted by molar-refractivity contribution is 5.79. The molecule has 0 saturated heterocycles. The highest BCUT2D eigenvalue weighted by atomic mass is 19.1. The summed E-state index contributed by atoms with van der Waals surface area (Å²) in [6.07, 6.45) is 3.51. The molecule has 142 valence electrons. The Hall–Kier alpha value is -2.48. The molecule has 8 heteroatoms. The quantitative estimate of drug-likeness (QED) is 0.516. The summed E-state index contributed by atoms with van der Waals surface area (Å²) in [5.41, 5.74) is -0.472. The average Bonchev–Trinajstić information content (AvgIpc) is 3.03. The van der Waals surface area contributed by atoms with Crippen molar-refractivity contribution in [3.05, 3.63) is 53.4 Å². The van der Waals surface area contributed by atoms with Crippen molar-refractivity contribution in [1.29, 1.82) is 0 Å². The van der Waals surface area contributed by atoms with E-state index in [0.717, 1.165) is 0 Å². The van der Waals surface area contributed by atoms with Crippen LogP contribution in [0.1, 0.15) is 25.0 Å². The number of hydrogen-bond acceptors (Lipinski definition) is 3. The number of nitrogens with one attached hydrogen (secondary N) is 2. The van der Waals surface area contributed by atoms with Crippen LogP contribution in [0.2, 0.25) is 0 Å². The van der Waals surface area contributed by atoms with E-state index in [1.165, 1.54) is 18.2 Å². The Morgan fingerprint density at radius 3 is 2.58 bits per heavy atom. The molecule has 0 aliphatic heterocycles. The molecule has 1 atom stereocenters. The van der Waals surface area contributed by atoms with Gasteiger partial charge in [0.05, 0.1) is 12.7 Å². The molecule has 0 aliphatic carbocycles. The highest BCUT2D eigenvalue weighted by Crippen LogP contribution is 2.19. The van der Waals surface area contributed by atoms with E-state index in [0.29, 0.717) is 24.6 Å². The number of aryl methyl sites for hydroxylation is 1. The molecule has 0 fully saturated rings. The van der Waals surface area contributed by atoms with Gasteiger partial charge >= 0.3 is 0 Å². The fourth-order valence-corrected chi connectivity index (χ4v) is 2.44. The van der Waals surface area contributed by atoms with Crippen LogP contribution >= 0.6 is 0 Å². The first-order valence-electron chi connectivity index (χ1n) is 8.50. The van der Waals surface area contributed by atoms with Crippen LogP contribution in [0.4, 0.5) is 8.78 Å². The van der Waals surface area contributed by atoms with Gasteiger partial charge in [-0.25, -0.2) is 13.8 Å². The predicted molar refractivity (Wildman–Crippen MR) is 96.8 cm³/mol. The Morgan fingerprint density at radius 2 is 2.00 bits per heavy atom. The second-order valence-corrected chi connectivity index (χ2v) is 6.25. The minimum absolute atomic E-state index is 0.0400. The van der Waals surface area contributed by atoms with Crippen molar-refractivity contribution in [2.45, 2.75) is 25.9 Å². The lowest BCUT2D eigenvalue weighted by Crippen LogP contribution is -2.39. The lowest BCUT2D eigenvalue weighted by molar-refractivity contribution is 0.0672. The van der Waals surface area contributed by atoms with Crippen molar-refractivity contribution in [3.8, 4) is 0 Å². The minimum Gasteiger partial charge on any atom is -0.383 e. The van der Waals surface area contributed by atoms with Gasteiger partial charge in [-0.3, -0.25) is 4.68 Å². The summed E-state index contributed by atoms with van der Waals surface area (Å²) < 4.78 is 28.9. The smallest absolute Gasteiger partial charge is 0.191 e. The molecule has 3 N–H and O–H groups in total. The van der Waals surface area contributed by atoms with Crippen molar-refractivity contribution >= 4 is 5.96 Å². The number of aromatic nitrogens is 2. The van der Waals surface area contributed by atoms with Crippen molar-refractivity contribution in [1.82, 2.24) is 20.4 Å². The number of hydrogen-bond donors (Lipinski definition) is 3. The Kier molecular flexibility index (Phi) is 6.68. The van der Waals surface area contributed by atoms with Crippen LogP contribution < -0.4 is 10.6 Å². The third-order valence-electron chi connectivity index (χ3n) is 3.95. The monoisotopic (exact) mass is 365 g/mol. The van der Waals surface area contributed by atoms with Crippen LogP contribution in [-0.4, -0.2) is 40.5 Å². The molecule has 1 heterocycles. The summed E-state index contributed by atoms with van der Waals surface area (Å²) in [6.45, 7) is 4.61. The van der Waals surface area contributed by atoms with Gasteiger partial charge in [0.15, 0.2) is 5.96 Å². The zero-order chi connectivity index (χ0) is 19.2. The Balaban J connectivity index is 1.98. The van der Waals surface area contributed by atoms with E-state index in [4.69, 9.17) is 0 Å². The molecular formula is C18H25F2N5O. The zero-order valence-electron chi connectivity index (χ0n) is 15.3. The fraction of sp³-hybridized carbons (Fsp3) is 0.444. The van der Waals surface area contributed by atoms with Gasteiger partial charge in [-0.2, -0.15) is 5.10 Å². The Bertz CT molecular complexity index is 738. The summed E-state index contributed by atoms with van der Waals surface area (Å²) >= 11 is 0. The van der Waals surface area contributed by atoms with Crippen molar-refractivity contribution in [3.63, 3.8) is 0 Å². The number of guanidine groups is 1. The fourth-order valence-electron chi connectivity index (χ4n) is 2.44. The van der Waals surface area contributed by atoms with Crippen LogP contribution in [-0.2, 0) is 19.1 Å². The summed E-state index contributed by atoms with van der Waals surface area (Å²) in [4.78, 5) is 4.37. The highest BCUT2D eigenvalue weighted by Gasteiger charge is 2.24. The van der Waals surface area contributed by atoms with E-state index < -0.39 is 17.2 Å². The van der Waals surface area contributed by atoms with E-state index in [2.05, 4.69) is 20.7 Å². The largest absolute Gasteiger partial charge is 0.383 e. The average molecular weight is 365 g/mol. The Morgan fingerprint density at radius 1 is 1.31 bits per heavy atom. The second-order valence-electron chi connectivity index (χ2n) is 6.25. The van der Waals surface area contributed by atoms with E-state index in [-0.39, 0.29) is 18.5 Å². The van der Waals surface area contributed by atoms with Crippen LogP contribution in [0.5, 0.6) is 0 Å². The lowest BCUT2D eigenvalue weighted by atomic mass is 10.0. The third-order valence-corrected chi connectivity index (χ3v) is 3.95. The molecule has 0 spiro atoms.